The first-order valence-electron chi connectivity index (χ1n) is 11.2. The number of thiazole rings is 1. The molecule has 2 fully saturated rings. The summed E-state index contributed by atoms with van der Waals surface area (Å²) in [6.45, 7) is 5.62. The molecular weight excluding hydrogens is 458 g/mol. The minimum absolute atomic E-state index is 0.542. The van der Waals surface area contributed by atoms with Crippen molar-refractivity contribution in [1.82, 2.24) is 20.2 Å². The van der Waals surface area contributed by atoms with Crippen molar-refractivity contribution in [3.63, 3.8) is 0 Å². The zero-order valence-corrected chi connectivity index (χ0v) is 19.3. The number of aromatic nitrogens is 4. The number of aliphatic hydroxyl groups excluding tert-OH is 1. The summed E-state index contributed by atoms with van der Waals surface area (Å²) in [5.74, 6) is 0. The third kappa shape index (κ3) is 4.20. The zero-order valence-electron chi connectivity index (χ0n) is 18.4. The van der Waals surface area contributed by atoms with E-state index in [1.807, 2.05) is 17.5 Å². The van der Waals surface area contributed by atoms with Crippen LogP contribution in [-0.4, -0.2) is 77.9 Å². The van der Waals surface area contributed by atoms with E-state index in [0.717, 1.165) is 53.6 Å². The average molecular weight is 484 g/mol. The van der Waals surface area contributed by atoms with Crippen LogP contribution in [0.1, 0.15) is 11.9 Å². The number of anilines is 3. The lowest BCUT2D eigenvalue weighted by Crippen LogP contribution is -2.36. The van der Waals surface area contributed by atoms with E-state index in [-0.39, 0.29) is 0 Å². The van der Waals surface area contributed by atoms with Gasteiger partial charge in [-0.25, -0.2) is 4.98 Å². The summed E-state index contributed by atoms with van der Waals surface area (Å²) in [6.07, 6.45) is 2.50. The van der Waals surface area contributed by atoms with Crippen molar-refractivity contribution < 1.29 is 19.0 Å². The first-order valence-corrected chi connectivity index (χ1v) is 12.1. The van der Waals surface area contributed by atoms with Gasteiger partial charge in [-0.05, 0) is 6.07 Å². The Bertz CT molecular complexity index is 1250. The predicted octanol–water partition coefficient (Wildman–Crippen LogP) is 2.45. The Morgan fingerprint density at radius 1 is 1.03 bits per heavy atom. The van der Waals surface area contributed by atoms with E-state index in [1.165, 1.54) is 11.3 Å². The molecule has 0 saturated carbocycles. The summed E-state index contributed by atoms with van der Waals surface area (Å²) < 4.78 is 17.1. The Labute approximate surface area is 199 Å². The fraction of sp³-hybridized carbons (Fsp3) is 0.409. The van der Waals surface area contributed by atoms with Crippen LogP contribution in [0.4, 0.5) is 17.4 Å². The van der Waals surface area contributed by atoms with Crippen LogP contribution in [0, 0.1) is 0 Å². The number of ether oxygens (including phenoxy) is 2. The minimum Gasteiger partial charge on any atom is -0.423 e. The summed E-state index contributed by atoms with van der Waals surface area (Å²) in [4.78, 5) is 13.6. The molecule has 2 aliphatic heterocycles. The van der Waals surface area contributed by atoms with E-state index < -0.39 is 6.23 Å². The number of nitrogens with one attached hydrogen (secondary N) is 2. The second-order valence-electron chi connectivity index (χ2n) is 8.14. The molecule has 1 unspecified atom stereocenters. The number of aliphatic hydroxyl groups is 1. The van der Waals surface area contributed by atoms with Gasteiger partial charge in [-0.1, -0.05) is 0 Å². The van der Waals surface area contributed by atoms with E-state index >= 15 is 0 Å². The third-order valence-electron chi connectivity index (χ3n) is 5.97. The molecule has 0 amide bonds. The average Bonchev–Trinajstić information content (AvgIpc) is 3.65. The topological polar surface area (TPSA) is 125 Å². The number of rotatable bonds is 6. The highest BCUT2D eigenvalue weighted by Crippen LogP contribution is 2.36. The van der Waals surface area contributed by atoms with Gasteiger partial charge in [0.25, 0.3) is 6.01 Å². The van der Waals surface area contributed by atoms with Gasteiger partial charge in [-0.2, -0.15) is 10.1 Å². The largest absolute Gasteiger partial charge is 0.423 e. The molecule has 6 rings (SSSR count). The number of hydrogen-bond acceptors (Lipinski definition) is 11. The van der Waals surface area contributed by atoms with Gasteiger partial charge in [-0.3, -0.25) is 5.10 Å². The highest BCUT2D eigenvalue weighted by molar-refractivity contribution is 7.13. The Morgan fingerprint density at radius 3 is 2.53 bits per heavy atom. The van der Waals surface area contributed by atoms with Crippen LogP contribution in [0.25, 0.3) is 21.7 Å². The van der Waals surface area contributed by atoms with Gasteiger partial charge >= 0.3 is 0 Å². The van der Waals surface area contributed by atoms with E-state index in [4.69, 9.17) is 18.9 Å². The molecular formula is C22H25N7O4S. The van der Waals surface area contributed by atoms with E-state index in [0.29, 0.717) is 43.7 Å². The number of hydrogen-bond donors (Lipinski definition) is 3. The highest BCUT2D eigenvalue weighted by Gasteiger charge is 2.23. The fourth-order valence-corrected chi connectivity index (χ4v) is 4.98. The van der Waals surface area contributed by atoms with Gasteiger partial charge < -0.3 is 34.1 Å². The summed E-state index contributed by atoms with van der Waals surface area (Å²) in [6, 6.07) is 4.51. The van der Waals surface area contributed by atoms with Gasteiger partial charge in [0.1, 0.15) is 16.2 Å². The summed E-state index contributed by atoms with van der Waals surface area (Å²) >= 11 is 1.46. The van der Waals surface area contributed by atoms with E-state index in [2.05, 4.69) is 30.3 Å². The standard InChI is InChI=1S/C22H25N7O4S/c30-20(17-13-34-21(26-17)14-11-23-24-12-14)25-15-10-19-16(9-18(15)28-1-5-31-6-2-28)27-22(33-19)29-3-7-32-8-4-29/h9-13,20,25,30H,1-8H2,(H,23,24). The van der Waals surface area contributed by atoms with Crippen molar-refractivity contribution in [3.05, 3.63) is 35.6 Å². The first kappa shape index (κ1) is 21.4. The Morgan fingerprint density at radius 2 is 1.79 bits per heavy atom. The van der Waals surface area contributed by atoms with Crippen molar-refractivity contribution in [2.75, 3.05) is 67.7 Å². The maximum Gasteiger partial charge on any atom is 0.298 e. The molecule has 2 saturated heterocycles. The number of fused-ring (bicyclic) bond motifs is 1. The van der Waals surface area contributed by atoms with Crippen molar-refractivity contribution in [1.29, 1.82) is 0 Å². The Balaban J connectivity index is 1.32. The van der Waals surface area contributed by atoms with Crippen molar-refractivity contribution >= 4 is 39.8 Å². The summed E-state index contributed by atoms with van der Waals surface area (Å²) in [5.41, 5.74) is 4.56. The number of aromatic amines is 1. The maximum atomic E-state index is 11.0. The predicted molar refractivity (Wildman–Crippen MR) is 128 cm³/mol. The van der Waals surface area contributed by atoms with Crippen LogP contribution in [0.2, 0.25) is 0 Å². The Hall–Kier alpha value is -3.19. The van der Waals surface area contributed by atoms with Crippen LogP contribution in [-0.2, 0) is 9.47 Å². The molecule has 1 aromatic carbocycles. The fourth-order valence-electron chi connectivity index (χ4n) is 4.16. The number of nitrogens with zero attached hydrogens (tertiary/aromatic N) is 5. The number of oxazole rings is 1. The molecule has 3 N–H and O–H groups in total. The SMILES string of the molecule is OC(Nc1cc2oc(N3CCOCC3)nc2cc1N1CCOCC1)c1csc(-c2cn[nH]c2)n1. The van der Waals surface area contributed by atoms with Crippen molar-refractivity contribution in [2.24, 2.45) is 0 Å². The normalized spacial score (nSPS) is 17.9. The van der Waals surface area contributed by atoms with Gasteiger partial charge in [0.2, 0.25) is 0 Å². The maximum absolute atomic E-state index is 11.0. The summed E-state index contributed by atoms with van der Waals surface area (Å²) in [7, 11) is 0. The molecule has 0 aliphatic carbocycles. The lowest BCUT2D eigenvalue weighted by atomic mass is 10.2. The van der Waals surface area contributed by atoms with E-state index in [1.54, 1.807) is 12.4 Å². The minimum atomic E-state index is -0.990. The molecule has 11 nitrogen and oxygen atoms in total. The van der Waals surface area contributed by atoms with Gasteiger partial charge in [0, 0.05) is 49.4 Å². The number of morpholine rings is 2. The summed E-state index contributed by atoms with van der Waals surface area (Å²) in [5, 5.41) is 23.6. The van der Waals surface area contributed by atoms with Crippen LogP contribution >= 0.6 is 11.3 Å². The second kappa shape index (κ2) is 9.22. The highest BCUT2D eigenvalue weighted by atomic mass is 32.1. The van der Waals surface area contributed by atoms with Crippen LogP contribution in [0.3, 0.4) is 0 Å². The molecule has 12 heteroatoms. The molecule has 3 aromatic heterocycles. The smallest absolute Gasteiger partial charge is 0.298 e. The number of H-pyrrole nitrogens is 1. The quantitative estimate of drug-likeness (QED) is 0.352. The first-order chi connectivity index (χ1) is 16.7. The molecule has 0 radical (unpaired) electrons. The lowest BCUT2D eigenvalue weighted by Gasteiger charge is -2.31. The van der Waals surface area contributed by atoms with Crippen molar-refractivity contribution in [3.8, 4) is 10.6 Å². The van der Waals surface area contributed by atoms with Crippen LogP contribution in [0.5, 0.6) is 0 Å². The molecule has 1 atom stereocenters. The molecule has 2 aliphatic rings. The van der Waals surface area contributed by atoms with Gasteiger partial charge in [-0.15, -0.1) is 11.3 Å². The zero-order chi connectivity index (χ0) is 22.9. The molecule has 178 valence electrons. The molecule has 34 heavy (non-hydrogen) atoms. The Kier molecular flexibility index (Phi) is 5.79. The number of benzene rings is 1. The van der Waals surface area contributed by atoms with Gasteiger partial charge in [0.15, 0.2) is 11.8 Å². The molecule has 4 aromatic rings. The second-order valence-corrected chi connectivity index (χ2v) is 9.00. The van der Waals surface area contributed by atoms with E-state index in [9.17, 15) is 5.11 Å². The third-order valence-corrected chi connectivity index (χ3v) is 6.88. The van der Waals surface area contributed by atoms with Gasteiger partial charge in [0.05, 0.1) is 44.0 Å². The molecule has 0 bridgehead atoms. The lowest BCUT2D eigenvalue weighted by molar-refractivity contribution is 0.120. The van der Waals surface area contributed by atoms with Crippen LogP contribution in [0.15, 0.2) is 34.3 Å². The molecule has 5 heterocycles. The molecule has 0 spiro atoms. The van der Waals surface area contributed by atoms with Crippen LogP contribution < -0.4 is 15.1 Å². The monoisotopic (exact) mass is 483 g/mol. The van der Waals surface area contributed by atoms with Crippen molar-refractivity contribution in [2.45, 2.75) is 6.23 Å².